The molecule has 1 heterocycles. The maximum absolute atomic E-state index is 12.6. The van der Waals surface area contributed by atoms with E-state index in [0.717, 1.165) is 6.20 Å². The van der Waals surface area contributed by atoms with Crippen LogP contribution in [0.15, 0.2) is 18.5 Å². The van der Waals surface area contributed by atoms with Crippen LogP contribution in [0.2, 0.25) is 0 Å². The first-order valence-corrected chi connectivity index (χ1v) is 4.13. The van der Waals surface area contributed by atoms with Crippen molar-refractivity contribution in [1.82, 2.24) is 4.98 Å². The first-order valence-electron chi connectivity index (χ1n) is 4.13. The van der Waals surface area contributed by atoms with Gasteiger partial charge in [0.25, 0.3) is 0 Å². The summed E-state index contributed by atoms with van der Waals surface area (Å²) in [6.07, 6.45) is 2.68. The van der Waals surface area contributed by atoms with E-state index in [-0.39, 0.29) is 6.61 Å². The highest BCUT2D eigenvalue weighted by molar-refractivity contribution is 5.12. The standard InChI is InChI=1S/C9H12FNO2/c10-8-4-7(5-11-6-8)9(13)2-1-3-12/h4-6,9,12-13H,1-3H2. The minimum Gasteiger partial charge on any atom is -0.396 e. The quantitative estimate of drug-likeness (QED) is 0.736. The lowest BCUT2D eigenvalue weighted by Crippen LogP contribution is -2.00. The summed E-state index contributed by atoms with van der Waals surface area (Å²) < 4.78 is 12.6. The second kappa shape index (κ2) is 4.89. The zero-order chi connectivity index (χ0) is 9.68. The Balaban J connectivity index is 2.60. The van der Waals surface area contributed by atoms with E-state index in [1.165, 1.54) is 12.3 Å². The van der Waals surface area contributed by atoms with Gasteiger partial charge >= 0.3 is 0 Å². The number of rotatable bonds is 4. The van der Waals surface area contributed by atoms with Gasteiger partial charge in [0, 0.05) is 18.4 Å². The van der Waals surface area contributed by atoms with Gasteiger partial charge in [0.15, 0.2) is 0 Å². The van der Waals surface area contributed by atoms with Crippen LogP contribution < -0.4 is 0 Å². The van der Waals surface area contributed by atoms with Crippen molar-refractivity contribution in [1.29, 1.82) is 0 Å². The van der Waals surface area contributed by atoms with Crippen molar-refractivity contribution >= 4 is 0 Å². The molecule has 13 heavy (non-hydrogen) atoms. The van der Waals surface area contributed by atoms with Gasteiger partial charge in [-0.2, -0.15) is 0 Å². The maximum atomic E-state index is 12.6. The van der Waals surface area contributed by atoms with Gasteiger partial charge in [-0.25, -0.2) is 4.39 Å². The van der Waals surface area contributed by atoms with E-state index in [2.05, 4.69) is 4.98 Å². The molecule has 4 heteroatoms. The van der Waals surface area contributed by atoms with Gasteiger partial charge in [0.1, 0.15) is 5.82 Å². The first-order chi connectivity index (χ1) is 6.24. The molecule has 1 rings (SSSR count). The smallest absolute Gasteiger partial charge is 0.141 e. The Morgan fingerprint density at radius 3 is 2.85 bits per heavy atom. The normalized spacial score (nSPS) is 12.8. The van der Waals surface area contributed by atoms with E-state index in [4.69, 9.17) is 5.11 Å². The van der Waals surface area contributed by atoms with Crippen LogP contribution in [-0.4, -0.2) is 21.8 Å². The SMILES string of the molecule is OCCCC(O)c1cncc(F)c1. The maximum Gasteiger partial charge on any atom is 0.141 e. The fourth-order valence-corrected chi connectivity index (χ4v) is 1.06. The summed E-state index contributed by atoms with van der Waals surface area (Å²) in [5, 5.41) is 18.0. The second-order valence-corrected chi connectivity index (χ2v) is 2.82. The summed E-state index contributed by atoms with van der Waals surface area (Å²) in [5.74, 6) is -0.458. The molecule has 1 aromatic heterocycles. The molecule has 0 saturated carbocycles. The molecule has 1 unspecified atom stereocenters. The molecule has 2 N–H and O–H groups in total. The highest BCUT2D eigenvalue weighted by atomic mass is 19.1. The van der Waals surface area contributed by atoms with Gasteiger partial charge in [0.05, 0.1) is 12.3 Å². The summed E-state index contributed by atoms with van der Waals surface area (Å²) in [6.45, 7) is 0.0276. The molecule has 0 radical (unpaired) electrons. The van der Waals surface area contributed by atoms with Crippen molar-refractivity contribution in [3.05, 3.63) is 29.8 Å². The van der Waals surface area contributed by atoms with Crippen LogP contribution >= 0.6 is 0 Å². The van der Waals surface area contributed by atoms with Crippen LogP contribution in [0.5, 0.6) is 0 Å². The number of hydrogen-bond acceptors (Lipinski definition) is 3. The summed E-state index contributed by atoms with van der Waals surface area (Å²) in [5.41, 5.74) is 0.452. The third kappa shape index (κ3) is 3.08. The van der Waals surface area contributed by atoms with Crippen molar-refractivity contribution in [3.8, 4) is 0 Å². The Labute approximate surface area is 75.9 Å². The molecule has 1 atom stereocenters. The predicted molar refractivity (Wildman–Crippen MR) is 45.5 cm³/mol. The lowest BCUT2D eigenvalue weighted by atomic mass is 10.1. The van der Waals surface area contributed by atoms with E-state index < -0.39 is 11.9 Å². The minimum absolute atomic E-state index is 0.0276. The number of pyridine rings is 1. The molecular formula is C9H12FNO2. The fraction of sp³-hybridized carbons (Fsp3) is 0.444. The molecule has 0 bridgehead atoms. The third-order valence-corrected chi connectivity index (χ3v) is 1.75. The Morgan fingerprint density at radius 1 is 1.46 bits per heavy atom. The fourth-order valence-electron chi connectivity index (χ4n) is 1.06. The molecule has 0 amide bonds. The first kappa shape index (κ1) is 10.1. The van der Waals surface area contributed by atoms with E-state index in [0.29, 0.717) is 18.4 Å². The molecule has 72 valence electrons. The summed E-state index contributed by atoms with van der Waals surface area (Å²) >= 11 is 0. The molecule has 0 aliphatic rings. The van der Waals surface area contributed by atoms with Gasteiger partial charge in [-0.05, 0) is 18.9 Å². The highest BCUT2D eigenvalue weighted by Crippen LogP contribution is 2.17. The average Bonchev–Trinajstić information content (AvgIpc) is 2.14. The van der Waals surface area contributed by atoms with Gasteiger partial charge in [-0.3, -0.25) is 4.98 Å². The van der Waals surface area contributed by atoms with Gasteiger partial charge in [0.2, 0.25) is 0 Å². The summed E-state index contributed by atoms with van der Waals surface area (Å²) in [4.78, 5) is 3.62. The molecule has 0 aliphatic heterocycles. The lowest BCUT2D eigenvalue weighted by Gasteiger charge is -2.08. The monoisotopic (exact) mass is 185 g/mol. The molecule has 1 aromatic rings. The third-order valence-electron chi connectivity index (χ3n) is 1.75. The number of aliphatic hydroxyl groups excluding tert-OH is 2. The van der Waals surface area contributed by atoms with Crippen molar-refractivity contribution in [3.63, 3.8) is 0 Å². The summed E-state index contributed by atoms with van der Waals surface area (Å²) in [6, 6.07) is 1.25. The molecule has 0 aromatic carbocycles. The van der Waals surface area contributed by atoms with Crippen molar-refractivity contribution < 1.29 is 14.6 Å². The Hall–Kier alpha value is -1.00. The van der Waals surface area contributed by atoms with Crippen molar-refractivity contribution in [2.45, 2.75) is 18.9 Å². The number of aliphatic hydroxyl groups is 2. The van der Waals surface area contributed by atoms with Gasteiger partial charge in [-0.15, -0.1) is 0 Å². The zero-order valence-corrected chi connectivity index (χ0v) is 7.15. The minimum atomic E-state index is -0.740. The molecule has 0 fully saturated rings. The average molecular weight is 185 g/mol. The number of nitrogens with zero attached hydrogens (tertiary/aromatic N) is 1. The van der Waals surface area contributed by atoms with Gasteiger partial charge < -0.3 is 10.2 Å². The van der Waals surface area contributed by atoms with E-state index >= 15 is 0 Å². The number of aromatic nitrogens is 1. The number of hydrogen-bond donors (Lipinski definition) is 2. The van der Waals surface area contributed by atoms with Crippen LogP contribution in [0, 0.1) is 5.82 Å². The number of halogens is 1. The molecule has 0 aliphatic carbocycles. The largest absolute Gasteiger partial charge is 0.396 e. The van der Waals surface area contributed by atoms with E-state index in [9.17, 15) is 9.50 Å². The second-order valence-electron chi connectivity index (χ2n) is 2.82. The van der Waals surface area contributed by atoms with E-state index in [1.54, 1.807) is 0 Å². The Kier molecular flexibility index (Phi) is 3.79. The predicted octanol–water partition coefficient (Wildman–Crippen LogP) is 1.03. The van der Waals surface area contributed by atoms with Crippen LogP contribution in [0.1, 0.15) is 24.5 Å². The molecular weight excluding hydrogens is 173 g/mol. The molecule has 0 spiro atoms. The lowest BCUT2D eigenvalue weighted by molar-refractivity contribution is 0.151. The highest BCUT2D eigenvalue weighted by Gasteiger charge is 2.07. The van der Waals surface area contributed by atoms with Crippen LogP contribution in [0.3, 0.4) is 0 Å². The zero-order valence-electron chi connectivity index (χ0n) is 7.15. The molecule has 3 nitrogen and oxygen atoms in total. The Bertz CT molecular complexity index is 268. The molecule has 0 saturated heterocycles. The summed E-state index contributed by atoms with van der Waals surface area (Å²) in [7, 11) is 0. The topological polar surface area (TPSA) is 53.4 Å². The van der Waals surface area contributed by atoms with Crippen molar-refractivity contribution in [2.75, 3.05) is 6.61 Å². The van der Waals surface area contributed by atoms with Crippen LogP contribution in [-0.2, 0) is 0 Å². The van der Waals surface area contributed by atoms with E-state index in [1.807, 2.05) is 0 Å². The van der Waals surface area contributed by atoms with Crippen LogP contribution in [0.4, 0.5) is 4.39 Å². The van der Waals surface area contributed by atoms with Gasteiger partial charge in [-0.1, -0.05) is 0 Å². The van der Waals surface area contributed by atoms with Crippen molar-refractivity contribution in [2.24, 2.45) is 0 Å². The Morgan fingerprint density at radius 2 is 2.23 bits per heavy atom. The van der Waals surface area contributed by atoms with Crippen LogP contribution in [0.25, 0.3) is 0 Å².